The summed E-state index contributed by atoms with van der Waals surface area (Å²) in [5.41, 5.74) is 4.10. The van der Waals surface area contributed by atoms with E-state index in [1.54, 1.807) is 30.3 Å². The molecular weight excluding hydrogens is 422 g/mol. The number of ketones is 1. The first-order valence-electron chi connectivity index (χ1n) is 9.31. The van der Waals surface area contributed by atoms with Gasteiger partial charge in [0.25, 0.3) is 5.56 Å². The Morgan fingerprint density at radius 2 is 1.75 bits per heavy atom. The van der Waals surface area contributed by atoms with Crippen LogP contribution in [-0.4, -0.2) is 40.6 Å². The minimum atomic E-state index is -1.10. The smallest absolute Gasteiger partial charge is 0.374 e. The van der Waals surface area contributed by atoms with Gasteiger partial charge in [0.15, 0.2) is 6.61 Å². The maximum Gasteiger partial charge on any atom is 0.374 e. The lowest BCUT2D eigenvalue weighted by Gasteiger charge is -2.16. The molecule has 2 N–H and O–H groups in total. The first-order valence-corrected chi connectivity index (χ1v) is 9.31. The number of hydrogen-bond acceptors (Lipinski definition) is 9. The first-order chi connectivity index (χ1) is 15.3. The zero-order valence-electron chi connectivity index (χ0n) is 17.0. The molecule has 2 aromatic heterocycles. The second-order valence-corrected chi connectivity index (χ2v) is 6.56. The van der Waals surface area contributed by atoms with Crippen LogP contribution in [0.5, 0.6) is 0 Å². The molecule has 2 heterocycles. The van der Waals surface area contributed by atoms with Crippen LogP contribution < -0.4 is 17.0 Å². The van der Waals surface area contributed by atoms with E-state index in [0.717, 1.165) is 11.7 Å². The quantitative estimate of drug-likeness (QED) is 0.388. The average molecular weight is 441 g/mol. The Kier molecular flexibility index (Phi) is 6.68. The fourth-order valence-corrected chi connectivity index (χ4v) is 2.90. The molecule has 0 fully saturated rings. The number of nitrogens with two attached hydrogens (primary N) is 1. The molecule has 0 saturated heterocycles. The molecule has 3 rings (SSSR count). The van der Waals surface area contributed by atoms with Gasteiger partial charge in [-0.2, -0.15) is 0 Å². The molecule has 0 amide bonds. The van der Waals surface area contributed by atoms with Crippen LogP contribution in [0.25, 0.3) is 0 Å². The number of nitrogens with zero attached hydrogens (tertiary/aromatic N) is 2. The number of aromatic nitrogens is 2. The van der Waals surface area contributed by atoms with E-state index in [1.807, 2.05) is 0 Å². The topological polar surface area (TPSA) is 153 Å². The molecule has 11 heteroatoms. The van der Waals surface area contributed by atoms with Crippen molar-refractivity contribution in [1.82, 2.24) is 9.13 Å². The van der Waals surface area contributed by atoms with Crippen LogP contribution in [0.15, 0.2) is 62.7 Å². The van der Waals surface area contributed by atoms with Gasteiger partial charge in [-0.3, -0.25) is 19.0 Å². The van der Waals surface area contributed by atoms with E-state index in [-0.39, 0.29) is 12.3 Å². The van der Waals surface area contributed by atoms with Gasteiger partial charge in [-0.1, -0.05) is 30.3 Å². The Morgan fingerprint density at radius 3 is 2.38 bits per heavy atom. The van der Waals surface area contributed by atoms with Crippen LogP contribution >= 0.6 is 0 Å². The molecule has 0 atom stereocenters. The fourth-order valence-electron chi connectivity index (χ4n) is 2.90. The van der Waals surface area contributed by atoms with Gasteiger partial charge in [0, 0.05) is 0 Å². The van der Waals surface area contributed by atoms with E-state index in [4.69, 9.17) is 14.9 Å². The predicted molar refractivity (Wildman–Crippen MR) is 110 cm³/mol. The molecule has 0 bridgehead atoms. The highest BCUT2D eigenvalue weighted by molar-refractivity contribution is 6.02. The number of esters is 2. The fraction of sp³-hybridized carbons (Fsp3) is 0.190. The van der Waals surface area contributed by atoms with Crippen LogP contribution in [0, 0.1) is 0 Å². The number of ether oxygens (including phenoxy) is 2. The monoisotopic (exact) mass is 441 g/mol. The van der Waals surface area contributed by atoms with Crippen LogP contribution in [0.1, 0.15) is 26.5 Å². The molecule has 0 unspecified atom stereocenters. The Balaban J connectivity index is 2.02. The molecule has 0 aliphatic heterocycles. The molecule has 1 aromatic carbocycles. The number of Topliss-reactive ketones (excluding diaryl/α,β-unsaturated/α-hetero) is 1. The zero-order valence-corrected chi connectivity index (χ0v) is 17.0. The summed E-state index contributed by atoms with van der Waals surface area (Å²) in [7, 11) is 1.09. The van der Waals surface area contributed by atoms with Crippen molar-refractivity contribution in [2.24, 2.45) is 0 Å². The number of rotatable bonds is 8. The molecule has 0 aliphatic carbocycles. The van der Waals surface area contributed by atoms with Crippen molar-refractivity contribution in [3.05, 3.63) is 86.5 Å². The Morgan fingerprint density at radius 1 is 1.03 bits per heavy atom. The number of benzene rings is 1. The summed E-state index contributed by atoms with van der Waals surface area (Å²) in [5.74, 6) is -3.29. The maximum absolute atomic E-state index is 12.9. The third-order valence-electron chi connectivity index (χ3n) is 4.50. The van der Waals surface area contributed by atoms with Crippen LogP contribution in [0.3, 0.4) is 0 Å². The second-order valence-electron chi connectivity index (χ2n) is 6.56. The highest BCUT2D eigenvalue weighted by Gasteiger charge is 2.25. The van der Waals surface area contributed by atoms with E-state index >= 15 is 0 Å². The number of nitrogen functional groups attached to an aromatic ring is 1. The number of methoxy groups -OCH3 is 1. The van der Waals surface area contributed by atoms with Gasteiger partial charge in [-0.15, -0.1) is 0 Å². The highest BCUT2D eigenvalue weighted by Crippen LogP contribution is 2.11. The summed E-state index contributed by atoms with van der Waals surface area (Å²) in [5, 5.41) is 0. The first kappa shape index (κ1) is 22.3. The predicted octanol–water partition coefficient (Wildman–Crippen LogP) is 0.446. The van der Waals surface area contributed by atoms with E-state index < -0.39 is 53.5 Å². The molecular formula is C21H19N3O8. The highest BCUT2D eigenvalue weighted by atomic mass is 16.5. The largest absolute Gasteiger partial charge is 0.468 e. The van der Waals surface area contributed by atoms with E-state index in [9.17, 15) is 24.0 Å². The molecule has 0 aliphatic rings. The number of carbonyl (C=O) groups excluding carboxylic acids is 3. The SMILES string of the molecule is COC(=O)Cn1c(=O)c(C(=O)COC(=O)c2ccco2)c(N)n(Cc2ccccc2)c1=O. The van der Waals surface area contributed by atoms with E-state index in [2.05, 4.69) is 4.74 Å². The van der Waals surface area contributed by atoms with Gasteiger partial charge in [0.1, 0.15) is 17.9 Å². The van der Waals surface area contributed by atoms with E-state index in [0.29, 0.717) is 10.1 Å². The minimum absolute atomic E-state index is 0.0700. The van der Waals surface area contributed by atoms with Gasteiger partial charge >= 0.3 is 17.6 Å². The van der Waals surface area contributed by atoms with Crippen molar-refractivity contribution >= 4 is 23.5 Å². The lowest BCUT2D eigenvalue weighted by Crippen LogP contribution is -2.46. The summed E-state index contributed by atoms with van der Waals surface area (Å²) in [6.07, 6.45) is 1.25. The van der Waals surface area contributed by atoms with Crippen molar-refractivity contribution in [3.8, 4) is 0 Å². The number of hydrogen-bond donors (Lipinski definition) is 1. The van der Waals surface area contributed by atoms with Gasteiger partial charge in [-0.05, 0) is 17.7 Å². The lowest BCUT2D eigenvalue weighted by atomic mass is 10.2. The third-order valence-corrected chi connectivity index (χ3v) is 4.50. The van der Waals surface area contributed by atoms with Gasteiger partial charge < -0.3 is 19.6 Å². The summed E-state index contributed by atoms with van der Waals surface area (Å²) in [4.78, 5) is 62.2. The number of carbonyl (C=O) groups is 3. The molecule has 0 saturated carbocycles. The minimum Gasteiger partial charge on any atom is -0.468 e. The third kappa shape index (κ3) is 4.67. The number of anilines is 1. The van der Waals surface area contributed by atoms with Crippen LogP contribution in [0.4, 0.5) is 5.82 Å². The molecule has 11 nitrogen and oxygen atoms in total. The second kappa shape index (κ2) is 9.60. The molecule has 166 valence electrons. The van der Waals surface area contributed by atoms with Crippen molar-refractivity contribution in [3.63, 3.8) is 0 Å². The maximum atomic E-state index is 12.9. The Labute approximate surface area is 180 Å². The van der Waals surface area contributed by atoms with Crippen LogP contribution in [0.2, 0.25) is 0 Å². The normalized spacial score (nSPS) is 10.5. The standard InChI is InChI=1S/C21H19N3O8/c1-30-16(26)11-24-19(27)17(14(25)12-32-20(28)15-8-5-9-31-15)18(22)23(21(24)29)10-13-6-3-2-4-7-13/h2-9H,10-12,22H2,1H3. The lowest BCUT2D eigenvalue weighted by molar-refractivity contribution is -0.141. The van der Waals surface area contributed by atoms with Gasteiger partial charge in [0.05, 0.1) is 19.9 Å². The van der Waals surface area contributed by atoms with Crippen molar-refractivity contribution in [2.45, 2.75) is 13.1 Å². The molecule has 3 aromatic rings. The number of furan rings is 1. The summed E-state index contributed by atoms with van der Waals surface area (Å²) < 4.78 is 15.8. The Hall–Kier alpha value is -4.41. The Bertz CT molecular complexity index is 1260. The van der Waals surface area contributed by atoms with Crippen molar-refractivity contribution in [1.29, 1.82) is 0 Å². The van der Waals surface area contributed by atoms with Crippen molar-refractivity contribution in [2.75, 3.05) is 19.5 Å². The summed E-state index contributed by atoms with van der Waals surface area (Å²) >= 11 is 0. The summed E-state index contributed by atoms with van der Waals surface area (Å²) in [6.45, 7) is -1.63. The van der Waals surface area contributed by atoms with Crippen LogP contribution in [-0.2, 0) is 27.4 Å². The summed E-state index contributed by atoms with van der Waals surface area (Å²) in [6, 6.07) is 11.5. The average Bonchev–Trinajstić information content (AvgIpc) is 3.33. The molecule has 0 radical (unpaired) electrons. The molecule has 0 spiro atoms. The van der Waals surface area contributed by atoms with Gasteiger partial charge in [0.2, 0.25) is 11.5 Å². The van der Waals surface area contributed by atoms with E-state index in [1.165, 1.54) is 18.4 Å². The zero-order chi connectivity index (χ0) is 23.3. The van der Waals surface area contributed by atoms with Crippen molar-refractivity contribution < 1.29 is 28.3 Å². The van der Waals surface area contributed by atoms with Gasteiger partial charge in [-0.25, -0.2) is 14.2 Å². The molecule has 32 heavy (non-hydrogen) atoms.